The van der Waals surface area contributed by atoms with Crippen LogP contribution in [0.4, 0.5) is 22.0 Å². The normalized spacial score (nSPS) is 15.9. The molecule has 1 aliphatic rings. The second-order valence-electron chi connectivity index (χ2n) is 9.50. The van der Waals surface area contributed by atoms with Gasteiger partial charge in [-0.2, -0.15) is 8.78 Å². The van der Waals surface area contributed by atoms with E-state index < -0.39 is 65.6 Å². The SMILES string of the molecule is CC(C)(C1CCN(C(=O)c2ccc(OC(F)F)cc2S(C)(=O)=O)CC1)S(=O)(=O)c1cccc(OC(F)(F)F)c1. The second-order valence-corrected chi connectivity index (χ2v) is 14.0. The van der Waals surface area contributed by atoms with E-state index in [1.165, 1.54) is 24.8 Å². The molecule has 8 nitrogen and oxygen atoms in total. The molecule has 1 fully saturated rings. The second kappa shape index (κ2) is 10.9. The molecule has 1 heterocycles. The first-order valence-corrected chi connectivity index (χ1v) is 14.9. The van der Waals surface area contributed by atoms with Crippen molar-refractivity contribution in [2.45, 2.75) is 54.2 Å². The van der Waals surface area contributed by atoms with E-state index in [4.69, 9.17) is 0 Å². The number of piperidine rings is 1. The summed E-state index contributed by atoms with van der Waals surface area (Å²) in [4.78, 5) is 13.7. The van der Waals surface area contributed by atoms with Crippen molar-refractivity contribution < 1.29 is 53.1 Å². The Bertz CT molecular complexity index is 1430. The number of hydrogen-bond donors (Lipinski definition) is 0. The monoisotopic (exact) mass is 599 g/mol. The molecule has 0 bridgehead atoms. The van der Waals surface area contributed by atoms with E-state index in [1.807, 2.05) is 0 Å². The van der Waals surface area contributed by atoms with Crippen molar-refractivity contribution in [3.63, 3.8) is 0 Å². The lowest BCUT2D eigenvalue weighted by atomic mass is 9.85. The first-order chi connectivity index (χ1) is 17.8. The van der Waals surface area contributed by atoms with Crippen LogP contribution in [0.3, 0.4) is 0 Å². The van der Waals surface area contributed by atoms with Gasteiger partial charge in [-0.1, -0.05) is 6.07 Å². The number of ether oxygens (including phenoxy) is 2. The molecule has 0 aliphatic carbocycles. The molecule has 216 valence electrons. The molecule has 0 saturated carbocycles. The highest BCUT2D eigenvalue weighted by molar-refractivity contribution is 7.92. The molecule has 0 radical (unpaired) electrons. The lowest BCUT2D eigenvalue weighted by Gasteiger charge is -2.40. The van der Waals surface area contributed by atoms with Crippen molar-refractivity contribution in [1.82, 2.24) is 4.90 Å². The molecular formula is C24H26F5NO7S2. The number of likely N-dealkylation sites (tertiary alicyclic amines) is 1. The summed E-state index contributed by atoms with van der Waals surface area (Å²) >= 11 is 0. The van der Waals surface area contributed by atoms with Crippen LogP contribution in [0.15, 0.2) is 52.3 Å². The van der Waals surface area contributed by atoms with Crippen LogP contribution in [-0.4, -0.2) is 64.7 Å². The van der Waals surface area contributed by atoms with Crippen molar-refractivity contribution >= 4 is 25.6 Å². The van der Waals surface area contributed by atoms with E-state index in [2.05, 4.69) is 9.47 Å². The highest BCUT2D eigenvalue weighted by Gasteiger charge is 2.45. The number of carbonyl (C=O) groups is 1. The van der Waals surface area contributed by atoms with E-state index >= 15 is 0 Å². The fourth-order valence-electron chi connectivity index (χ4n) is 4.47. The lowest BCUT2D eigenvalue weighted by molar-refractivity contribution is -0.274. The van der Waals surface area contributed by atoms with Crippen molar-refractivity contribution in [3.8, 4) is 11.5 Å². The summed E-state index contributed by atoms with van der Waals surface area (Å²) in [5, 5.41) is 0. The van der Waals surface area contributed by atoms with Gasteiger partial charge in [0.15, 0.2) is 19.7 Å². The third kappa shape index (κ3) is 6.99. The Morgan fingerprint density at radius 1 is 0.974 bits per heavy atom. The smallest absolute Gasteiger partial charge is 0.435 e. The van der Waals surface area contributed by atoms with E-state index in [9.17, 15) is 43.6 Å². The molecule has 1 aliphatic heterocycles. The van der Waals surface area contributed by atoms with Gasteiger partial charge in [0, 0.05) is 19.3 Å². The zero-order chi connectivity index (χ0) is 29.4. The van der Waals surface area contributed by atoms with Crippen LogP contribution in [0.2, 0.25) is 0 Å². The minimum Gasteiger partial charge on any atom is -0.435 e. The zero-order valence-electron chi connectivity index (χ0n) is 21.0. The Labute approximate surface area is 222 Å². The summed E-state index contributed by atoms with van der Waals surface area (Å²) in [5.41, 5.74) is -0.245. The van der Waals surface area contributed by atoms with E-state index in [0.29, 0.717) is 0 Å². The zero-order valence-corrected chi connectivity index (χ0v) is 22.7. The first kappa shape index (κ1) is 30.6. The number of amides is 1. The fourth-order valence-corrected chi connectivity index (χ4v) is 7.17. The average molecular weight is 600 g/mol. The van der Waals surface area contributed by atoms with Gasteiger partial charge in [-0.05, 0) is 69.0 Å². The summed E-state index contributed by atoms with van der Waals surface area (Å²) in [6.45, 7) is -0.190. The van der Waals surface area contributed by atoms with Crippen molar-refractivity contribution in [1.29, 1.82) is 0 Å². The van der Waals surface area contributed by atoms with Crippen molar-refractivity contribution in [2.75, 3.05) is 19.3 Å². The van der Waals surface area contributed by atoms with Gasteiger partial charge in [-0.3, -0.25) is 4.79 Å². The summed E-state index contributed by atoms with van der Waals surface area (Å²) in [5.74, 6) is -2.30. The standard InChI is InChI=1S/C24H26F5NO7S2/c1-23(2,39(34,35)18-6-4-5-17(13-18)37-24(27,28)29)15-9-11-30(12-10-15)21(31)19-8-7-16(36-22(25)26)14-20(19)38(3,32)33/h4-8,13-15,22H,9-12H2,1-3H3. The number of nitrogens with zero attached hydrogens (tertiary/aromatic N) is 1. The van der Waals surface area contributed by atoms with Gasteiger partial charge in [-0.15, -0.1) is 13.2 Å². The van der Waals surface area contributed by atoms with Crippen LogP contribution in [0.1, 0.15) is 37.0 Å². The molecule has 0 spiro atoms. The van der Waals surface area contributed by atoms with Gasteiger partial charge in [0.2, 0.25) is 0 Å². The minimum absolute atomic E-state index is 0.0537. The first-order valence-electron chi connectivity index (χ1n) is 11.5. The molecule has 1 saturated heterocycles. The van der Waals surface area contributed by atoms with E-state index in [1.54, 1.807) is 0 Å². The maximum Gasteiger partial charge on any atom is 0.573 e. The average Bonchev–Trinajstić information content (AvgIpc) is 2.81. The van der Waals surface area contributed by atoms with Crippen LogP contribution >= 0.6 is 0 Å². The highest BCUT2D eigenvalue weighted by Crippen LogP contribution is 2.39. The molecule has 0 aromatic heterocycles. The van der Waals surface area contributed by atoms with Gasteiger partial charge in [-0.25, -0.2) is 16.8 Å². The molecule has 1 amide bonds. The van der Waals surface area contributed by atoms with Gasteiger partial charge in [0.25, 0.3) is 5.91 Å². The van der Waals surface area contributed by atoms with Gasteiger partial charge in [0.1, 0.15) is 11.5 Å². The molecular weight excluding hydrogens is 573 g/mol. The van der Waals surface area contributed by atoms with Gasteiger partial charge >= 0.3 is 13.0 Å². The van der Waals surface area contributed by atoms with Crippen LogP contribution in [-0.2, 0) is 19.7 Å². The van der Waals surface area contributed by atoms with Crippen LogP contribution in [0.5, 0.6) is 11.5 Å². The van der Waals surface area contributed by atoms with E-state index in [0.717, 1.165) is 42.7 Å². The van der Waals surface area contributed by atoms with E-state index in [-0.39, 0.29) is 36.4 Å². The Kier molecular flexibility index (Phi) is 8.56. The summed E-state index contributed by atoms with van der Waals surface area (Å²) in [6, 6.07) is 7.07. The van der Waals surface area contributed by atoms with Gasteiger partial charge in [0.05, 0.1) is 20.1 Å². The lowest BCUT2D eigenvalue weighted by Crippen LogP contribution is -2.47. The minimum atomic E-state index is -5.00. The fraction of sp³-hybridized carbons (Fsp3) is 0.458. The van der Waals surface area contributed by atoms with Crippen molar-refractivity contribution in [3.05, 3.63) is 48.0 Å². The predicted octanol–water partition coefficient (Wildman–Crippen LogP) is 4.69. The molecule has 15 heteroatoms. The third-order valence-electron chi connectivity index (χ3n) is 6.62. The van der Waals surface area contributed by atoms with Crippen molar-refractivity contribution in [2.24, 2.45) is 5.92 Å². The largest absolute Gasteiger partial charge is 0.573 e. The van der Waals surface area contributed by atoms with Gasteiger partial charge < -0.3 is 14.4 Å². The number of rotatable bonds is 8. The van der Waals surface area contributed by atoms with Crippen LogP contribution in [0.25, 0.3) is 0 Å². The maximum atomic E-state index is 13.4. The van der Waals surface area contributed by atoms with Crippen LogP contribution in [0, 0.1) is 5.92 Å². The molecule has 0 atom stereocenters. The third-order valence-corrected chi connectivity index (χ3v) is 10.3. The molecule has 2 aromatic rings. The molecule has 39 heavy (non-hydrogen) atoms. The molecule has 0 N–H and O–H groups in total. The summed E-state index contributed by atoms with van der Waals surface area (Å²) in [7, 11) is -8.16. The Morgan fingerprint density at radius 3 is 2.13 bits per heavy atom. The number of halogens is 5. The number of benzene rings is 2. The molecule has 0 unspecified atom stereocenters. The highest BCUT2D eigenvalue weighted by atomic mass is 32.2. The summed E-state index contributed by atoms with van der Waals surface area (Å²) < 4.78 is 121. The Hall–Kier alpha value is -2.94. The maximum absolute atomic E-state index is 13.4. The molecule has 2 aromatic carbocycles. The Balaban J connectivity index is 1.79. The topological polar surface area (TPSA) is 107 Å². The number of carbonyl (C=O) groups excluding carboxylic acids is 1. The Morgan fingerprint density at radius 2 is 1.59 bits per heavy atom. The number of sulfone groups is 2. The molecule has 3 rings (SSSR count). The number of alkyl halides is 5. The number of hydrogen-bond acceptors (Lipinski definition) is 7. The quantitative estimate of drug-likeness (QED) is 0.405. The predicted molar refractivity (Wildman–Crippen MR) is 129 cm³/mol. The summed E-state index contributed by atoms with van der Waals surface area (Å²) in [6.07, 6.45) is -3.79. The van der Waals surface area contributed by atoms with Crippen LogP contribution < -0.4 is 9.47 Å².